The first-order chi connectivity index (χ1) is 10.4. The van der Waals surface area contributed by atoms with Gasteiger partial charge in [0, 0.05) is 16.7 Å². The second-order valence-electron chi connectivity index (χ2n) is 4.80. The van der Waals surface area contributed by atoms with Crippen LogP contribution in [0.4, 0.5) is 5.69 Å². The number of nitrogens with zero attached hydrogens (tertiary/aromatic N) is 1. The second-order valence-corrected chi connectivity index (χ2v) is 8.46. The fraction of sp³-hybridized carbons (Fsp3) is 0.214. The Hall–Kier alpha value is -1.22. The van der Waals surface area contributed by atoms with Crippen LogP contribution in [0, 0.1) is 0 Å². The van der Waals surface area contributed by atoms with E-state index < -0.39 is 10.0 Å². The molecule has 1 N–H and O–H groups in total. The van der Waals surface area contributed by atoms with Crippen molar-refractivity contribution in [1.29, 1.82) is 0 Å². The van der Waals surface area contributed by atoms with Crippen molar-refractivity contribution in [2.45, 2.75) is 11.3 Å². The quantitative estimate of drug-likeness (QED) is 0.860. The van der Waals surface area contributed by atoms with Gasteiger partial charge in [0.1, 0.15) is 4.88 Å². The molecule has 0 radical (unpaired) electrons. The third-order valence-corrected chi connectivity index (χ3v) is 6.82. The van der Waals surface area contributed by atoms with E-state index in [-0.39, 0.29) is 10.8 Å². The van der Waals surface area contributed by atoms with Gasteiger partial charge in [0.05, 0.1) is 4.90 Å². The highest BCUT2D eigenvalue weighted by Gasteiger charge is 2.28. The molecule has 2 heterocycles. The molecule has 1 aliphatic rings. The van der Waals surface area contributed by atoms with Gasteiger partial charge in [0.2, 0.25) is 10.0 Å². The van der Waals surface area contributed by atoms with E-state index in [1.54, 1.807) is 17.0 Å². The molecular formula is C14H13BrN2O3S2. The van der Waals surface area contributed by atoms with Crippen molar-refractivity contribution < 1.29 is 13.2 Å². The Balaban J connectivity index is 1.97. The molecule has 0 unspecified atom stereocenters. The lowest BCUT2D eigenvalue weighted by atomic mass is 10.2. The Morgan fingerprint density at radius 2 is 2.14 bits per heavy atom. The van der Waals surface area contributed by atoms with Crippen molar-refractivity contribution in [2.75, 3.05) is 18.5 Å². The normalized spacial score (nSPS) is 14.2. The van der Waals surface area contributed by atoms with Gasteiger partial charge in [-0.1, -0.05) is 0 Å². The second kappa shape index (κ2) is 5.77. The largest absolute Gasteiger partial charge is 0.307 e. The fourth-order valence-electron chi connectivity index (χ4n) is 2.44. The lowest BCUT2D eigenvalue weighted by Gasteiger charge is -2.17. The molecule has 116 valence electrons. The number of carbonyl (C=O) groups is 1. The minimum absolute atomic E-state index is 0.0650. The summed E-state index contributed by atoms with van der Waals surface area (Å²) < 4.78 is 26.8. The number of amides is 1. The molecule has 0 saturated carbocycles. The van der Waals surface area contributed by atoms with Crippen LogP contribution in [0.2, 0.25) is 0 Å². The average molecular weight is 401 g/mol. The molecule has 0 saturated heterocycles. The SMILES string of the molecule is CNS(=O)(=O)c1ccc2c(c1)CCN2C(=O)c1sccc1Br. The van der Waals surface area contributed by atoms with Crippen molar-refractivity contribution in [2.24, 2.45) is 0 Å². The monoisotopic (exact) mass is 400 g/mol. The number of hydrogen-bond acceptors (Lipinski definition) is 4. The molecule has 1 amide bonds. The maximum Gasteiger partial charge on any atom is 0.269 e. The zero-order valence-electron chi connectivity index (χ0n) is 11.7. The number of fused-ring (bicyclic) bond motifs is 1. The molecule has 0 atom stereocenters. The summed E-state index contributed by atoms with van der Waals surface area (Å²) >= 11 is 4.76. The molecule has 8 heteroatoms. The highest BCUT2D eigenvalue weighted by atomic mass is 79.9. The number of hydrogen-bond donors (Lipinski definition) is 1. The summed E-state index contributed by atoms with van der Waals surface area (Å²) in [6.45, 7) is 0.557. The Morgan fingerprint density at radius 1 is 1.36 bits per heavy atom. The standard InChI is InChI=1S/C14H13BrN2O3S2/c1-16-22(19,20)10-2-3-12-9(8-10)4-6-17(12)14(18)13-11(15)5-7-21-13/h2-3,5,7-8,16H,4,6H2,1H3. The molecule has 5 nitrogen and oxygen atoms in total. The molecule has 22 heavy (non-hydrogen) atoms. The smallest absolute Gasteiger partial charge is 0.269 e. The van der Waals surface area contributed by atoms with Gasteiger partial charge in [-0.05, 0) is 64.6 Å². The number of nitrogens with one attached hydrogen (secondary N) is 1. The number of benzene rings is 1. The Morgan fingerprint density at radius 3 is 2.77 bits per heavy atom. The summed E-state index contributed by atoms with van der Waals surface area (Å²) in [5, 5.41) is 1.86. The van der Waals surface area contributed by atoms with Gasteiger partial charge in [-0.15, -0.1) is 11.3 Å². The van der Waals surface area contributed by atoms with Crippen LogP contribution in [-0.2, 0) is 16.4 Å². The molecule has 1 aliphatic heterocycles. The third kappa shape index (κ3) is 2.60. The van der Waals surface area contributed by atoms with E-state index >= 15 is 0 Å². The summed E-state index contributed by atoms with van der Waals surface area (Å²) in [4.78, 5) is 15.2. The van der Waals surface area contributed by atoms with Gasteiger partial charge >= 0.3 is 0 Å². The zero-order chi connectivity index (χ0) is 15.9. The van der Waals surface area contributed by atoms with Crippen molar-refractivity contribution in [1.82, 2.24) is 4.72 Å². The van der Waals surface area contributed by atoms with E-state index in [1.165, 1.54) is 24.5 Å². The van der Waals surface area contributed by atoms with Crippen molar-refractivity contribution in [3.63, 3.8) is 0 Å². The van der Waals surface area contributed by atoms with Crippen molar-refractivity contribution in [3.8, 4) is 0 Å². The molecule has 1 aromatic heterocycles. The lowest BCUT2D eigenvalue weighted by molar-refractivity contribution is 0.0992. The summed E-state index contributed by atoms with van der Waals surface area (Å²) in [7, 11) is -2.08. The minimum atomic E-state index is -3.47. The molecule has 0 spiro atoms. The fourth-order valence-corrected chi connectivity index (χ4v) is 4.71. The van der Waals surface area contributed by atoms with Crippen LogP contribution in [0.25, 0.3) is 0 Å². The first kappa shape index (κ1) is 15.7. The van der Waals surface area contributed by atoms with Crippen molar-refractivity contribution in [3.05, 3.63) is 44.6 Å². The predicted octanol–water partition coefficient (Wildman–Crippen LogP) is 2.62. The van der Waals surface area contributed by atoms with Crippen LogP contribution in [0.3, 0.4) is 0 Å². The number of thiophene rings is 1. The van der Waals surface area contributed by atoms with Gasteiger partial charge in [-0.2, -0.15) is 0 Å². The zero-order valence-corrected chi connectivity index (χ0v) is 14.9. The molecule has 2 aromatic rings. The van der Waals surface area contributed by atoms with E-state index in [1.807, 2.05) is 11.4 Å². The third-order valence-electron chi connectivity index (χ3n) is 3.58. The number of halogens is 1. The molecule has 1 aromatic carbocycles. The van der Waals surface area contributed by atoms with Crippen LogP contribution < -0.4 is 9.62 Å². The molecule has 3 rings (SSSR count). The van der Waals surface area contributed by atoms with Crippen LogP contribution in [-0.4, -0.2) is 27.9 Å². The maximum absolute atomic E-state index is 12.6. The highest BCUT2D eigenvalue weighted by Crippen LogP contribution is 2.33. The summed E-state index contributed by atoms with van der Waals surface area (Å²) in [5.41, 5.74) is 1.65. The molecule has 0 aliphatic carbocycles. The minimum Gasteiger partial charge on any atom is -0.307 e. The van der Waals surface area contributed by atoms with Gasteiger partial charge in [0.25, 0.3) is 5.91 Å². The highest BCUT2D eigenvalue weighted by molar-refractivity contribution is 9.10. The predicted molar refractivity (Wildman–Crippen MR) is 90.1 cm³/mol. The Labute approximate surface area is 141 Å². The first-order valence-corrected chi connectivity index (χ1v) is 9.71. The van der Waals surface area contributed by atoms with E-state index in [0.29, 0.717) is 17.8 Å². The van der Waals surface area contributed by atoms with E-state index in [2.05, 4.69) is 20.7 Å². The maximum atomic E-state index is 12.6. The van der Waals surface area contributed by atoms with Crippen LogP contribution in [0.1, 0.15) is 15.2 Å². The number of carbonyl (C=O) groups excluding carboxylic acids is 1. The van der Waals surface area contributed by atoms with Gasteiger partial charge in [0.15, 0.2) is 0 Å². The van der Waals surface area contributed by atoms with E-state index in [0.717, 1.165) is 15.7 Å². The summed E-state index contributed by atoms with van der Waals surface area (Å²) in [6.07, 6.45) is 0.650. The molecular weight excluding hydrogens is 388 g/mol. The van der Waals surface area contributed by atoms with Crippen LogP contribution in [0.15, 0.2) is 39.0 Å². The Bertz CT molecular complexity index is 846. The van der Waals surface area contributed by atoms with Gasteiger partial charge in [-0.3, -0.25) is 4.79 Å². The van der Waals surface area contributed by atoms with Gasteiger partial charge in [-0.25, -0.2) is 13.1 Å². The number of anilines is 1. The molecule has 0 bridgehead atoms. The number of sulfonamides is 1. The Kier molecular flexibility index (Phi) is 4.11. The lowest BCUT2D eigenvalue weighted by Crippen LogP contribution is -2.28. The van der Waals surface area contributed by atoms with Crippen molar-refractivity contribution >= 4 is 48.9 Å². The molecule has 0 fully saturated rings. The topological polar surface area (TPSA) is 66.5 Å². The van der Waals surface area contributed by atoms with Gasteiger partial charge < -0.3 is 4.90 Å². The van der Waals surface area contributed by atoms with Crippen LogP contribution in [0.5, 0.6) is 0 Å². The number of rotatable bonds is 3. The summed E-state index contributed by atoms with van der Waals surface area (Å²) in [6, 6.07) is 6.71. The first-order valence-electron chi connectivity index (χ1n) is 6.55. The van der Waals surface area contributed by atoms with E-state index in [9.17, 15) is 13.2 Å². The average Bonchev–Trinajstić information content (AvgIpc) is 3.12. The van der Waals surface area contributed by atoms with Crippen LogP contribution >= 0.6 is 27.3 Å². The summed E-state index contributed by atoms with van der Waals surface area (Å²) in [5.74, 6) is -0.0650. The van der Waals surface area contributed by atoms with E-state index in [4.69, 9.17) is 0 Å².